The van der Waals surface area contributed by atoms with Crippen LogP contribution in [0.3, 0.4) is 0 Å². The van der Waals surface area contributed by atoms with E-state index in [2.05, 4.69) is 88.4 Å². The van der Waals surface area contributed by atoms with Crippen LogP contribution in [0.25, 0.3) is 48.5 Å². The lowest BCUT2D eigenvalue weighted by Crippen LogP contribution is -1.94. The molecule has 0 saturated carbocycles. The molecule has 0 unspecified atom stereocenters. The van der Waals surface area contributed by atoms with Crippen LogP contribution >= 0.6 is 11.3 Å². The number of fused-ring (bicyclic) bond motifs is 5. The maximum Gasteiger partial charge on any atom is 0.105 e. The summed E-state index contributed by atoms with van der Waals surface area (Å²) in [5.41, 5.74) is 6.58. The van der Waals surface area contributed by atoms with Gasteiger partial charge in [-0.1, -0.05) is 48.5 Å². The van der Waals surface area contributed by atoms with E-state index in [9.17, 15) is 0 Å². The summed E-state index contributed by atoms with van der Waals surface area (Å²) in [6.45, 7) is 0. The topological polar surface area (TPSA) is 17.8 Å². The number of rotatable bonds is 1. The molecule has 0 bridgehead atoms. The average Bonchev–Trinajstić information content (AvgIpc) is 3.29. The Balaban J connectivity index is 1.87. The molecule has 0 fully saturated rings. The molecule has 0 aliphatic carbocycles. The number of aromatic nitrogens is 2. The molecule has 2 aromatic heterocycles. The van der Waals surface area contributed by atoms with E-state index < -0.39 is 0 Å². The molecule has 0 radical (unpaired) electrons. The van der Waals surface area contributed by atoms with E-state index in [1.807, 2.05) is 5.51 Å². The van der Waals surface area contributed by atoms with Crippen LogP contribution in [0.1, 0.15) is 0 Å². The van der Waals surface area contributed by atoms with E-state index in [0.29, 0.717) is 0 Å². The van der Waals surface area contributed by atoms with Gasteiger partial charge < -0.3 is 4.57 Å². The summed E-state index contributed by atoms with van der Waals surface area (Å²) in [6.07, 6.45) is 0. The molecule has 6 aromatic rings. The van der Waals surface area contributed by atoms with Crippen LogP contribution in [0.2, 0.25) is 0 Å². The second-order valence-electron chi connectivity index (χ2n) is 6.55. The molecule has 0 spiro atoms. The minimum absolute atomic E-state index is 1.06. The normalized spacial score (nSPS) is 11.8. The van der Waals surface area contributed by atoms with E-state index in [1.165, 1.54) is 37.3 Å². The van der Waals surface area contributed by atoms with Gasteiger partial charge in [-0.3, -0.25) is 0 Å². The van der Waals surface area contributed by atoms with Crippen molar-refractivity contribution in [3.05, 3.63) is 84.4 Å². The highest BCUT2D eigenvalue weighted by molar-refractivity contribution is 7.16. The summed E-state index contributed by atoms with van der Waals surface area (Å²) in [5.74, 6) is 0. The zero-order valence-electron chi connectivity index (χ0n) is 13.9. The van der Waals surface area contributed by atoms with Crippen molar-refractivity contribution in [2.24, 2.45) is 0 Å². The van der Waals surface area contributed by atoms with Crippen molar-refractivity contribution < 1.29 is 0 Å². The van der Waals surface area contributed by atoms with Crippen LogP contribution < -0.4 is 0 Å². The average molecular weight is 350 g/mol. The van der Waals surface area contributed by atoms with Gasteiger partial charge in [-0.05, 0) is 41.1 Å². The quantitative estimate of drug-likeness (QED) is 0.329. The van der Waals surface area contributed by atoms with Crippen LogP contribution in [-0.2, 0) is 0 Å². The van der Waals surface area contributed by atoms with Gasteiger partial charge in [0.25, 0.3) is 0 Å². The van der Waals surface area contributed by atoms with Crippen molar-refractivity contribution >= 4 is 54.1 Å². The third-order valence-corrected chi connectivity index (χ3v) is 5.91. The molecule has 26 heavy (non-hydrogen) atoms. The van der Waals surface area contributed by atoms with Crippen molar-refractivity contribution in [3.63, 3.8) is 0 Å². The monoisotopic (exact) mass is 350 g/mol. The number of thiazole rings is 1. The second kappa shape index (κ2) is 5.16. The Hall–Kier alpha value is -3.17. The Bertz CT molecular complexity index is 1440. The second-order valence-corrected chi connectivity index (χ2v) is 7.43. The smallest absolute Gasteiger partial charge is 0.105 e. The zero-order chi connectivity index (χ0) is 17.1. The highest BCUT2D eigenvalue weighted by Crippen LogP contribution is 2.36. The maximum atomic E-state index is 4.65. The van der Waals surface area contributed by atoms with E-state index in [4.69, 9.17) is 0 Å². The van der Waals surface area contributed by atoms with Gasteiger partial charge in [-0.25, -0.2) is 4.98 Å². The largest absolute Gasteiger partial charge is 0.307 e. The Morgan fingerprint density at radius 2 is 1.50 bits per heavy atom. The Morgan fingerprint density at radius 3 is 2.42 bits per heavy atom. The molecule has 0 aliphatic heterocycles. The molecule has 2 nitrogen and oxygen atoms in total. The van der Waals surface area contributed by atoms with Crippen LogP contribution in [0.4, 0.5) is 0 Å². The Kier molecular flexibility index (Phi) is 2.79. The summed E-state index contributed by atoms with van der Waals surface area (Å²) in [5, 5.41) is 5.09. The third-order valence-electron chi connectivity index (χ3n) is 5.12. The Morgan fingerprint density at radius 1 is 0.692 bits per heavy atom. The molecule has 4 aromatic carbocycles. The van der Waals surface area contributed by atoms with Crippen LogP contribution in [0.5, 0.6) is 0 Å². The first-order valence-corrected chi connectivity index (χ1v) is 9.53. The summed E-state index contributed by atoms with van der Waals surface area (Å²) in [7, 11) is 0. The zero-order valence-corrected chi connectivity index (χ0v) is 14.7. The lowest BCUT2D eigenvalue weighted by Gasteiger charge is -2.09. The molecule has 2 heterocycles. The molecule has 0 aliphatic rings. The molecule has 0 N–H and O–H groups in total. The van der Waals surface area contributed by atoms with Crippen LogP contribution in [0.15, 0.2) is 84.4 Å². The standard InChI is InChI=1S/C23H14N2S/c1-2-7-16-13-21-18(12-15(16)6-1)17-8-3-4-9-19(17)25(21)20-10-5-11-22-23(20)24-14-26-22/h1-14H. The summed E-state index contributed by atoms with van der Waals surface area (Å²) in [6, 6.07) is 28.2. The SMILES string of the molecule is c1ccc2cc3c(cc2c1)c1ccccc1n3-c1cccc2scnc12. The summed E-state index contributed by atoms with van der Waals surface area (Å²) >= 11 is 1.69. The van der Waals surface area contributed by atoms with Gasteiger partial charge in [0, 0.05) is 10.8 Å². The van der Waals surface area contributed by atoms with Crippen molar-refractivity contribution in [1.29, 1.82) is 0 Å². The van der Waals surface area contributed by atoms with Gasteiger partial charge in [-0.2, -0.15) is 0 Å². The van der Waals surface area contributed by atoms with E-state index >= 15 is 0 Å². The highest BCUT2D eigenvalue weighted by Gasteiger charge is 2.15. The van der Waals surface area contributed by atoms with Crippen molar-refractivity contribution in [1.82, 2.24) is 9.55 Å². The molecular formula is C23H14N2S. The van der Waals surface area contributed by atoms with Crippen LogP contribution in [-0.4, -0.2) is 9.55 Å². The summed E-state index contributed by atoms with van der Waals surface area (Å²) < 4.78 is 3.58. The number of hydrogen-bond acceptors (Lipinski definition) is 2. The first-order valence-electron chi connectivity index (χ1n) is 8.65. The van der Waals surface area contributed by atoms with Crippen molar-refractivity contribution in [2.45, 2.75) is 0 Å². The molecule has 0 atom stereocenters. The van der Waals surface area contributed by atoms with Gasteiger partial charge in [-0.15, -0.1) is 11.3 Å². The molecule has 0 amide bonds. The van der Waals surface area contributed by atoms with Gasteiger partial charge in [0.15, 0.2) is 0 Å². The van der Waals surface area contributed by atoms with Gasteiger partial charge in [0.2, 0.25) is 0 Å². The number of nitrogens with zero attached hydrogens (tertiary/aromatic N) is 2. The fourth-order valence-corrected chi connectivity index (χ4v) is 4.66. The molecule has 6 rings (SSSR count). The van der Waals surface area contributed by atoms with Crippen molar-refractivity contribution in [3.8, 4) is 5.69 Å². The Labute approximate surface area is 153 Å². The fourth-order valence-electron chi connectivity index (χ4n) is 3.97. The number of para-hydroxylation sites is 2. The number of hydrogen-bond donors (Lipinski definition) is 0. The molecule has 3 heteroatoms. The minimum Gasteiger partial charge on any atom is -0.307 e. The van der Waals surface area contributed by atoms with Crippen molar-refractivity contribution in [2.75, 3.05) is 0 Å². The first kappa shape index (κ1) is 14.0. The fraction of sp³-hybridized carbons (Fsp3) is 0. The van der Waals surface area contributed by atoms with Gasteiger partial charge in [0.1, 0.15) is 5.52 Å². The maximum absolute atomic E-state index is 4.65. The third kappa shape index (κ3) is 1.83. The summed E-state index contributed by atoms with van der Waals surface area (Å²) in [4.78, 5) is 4.65. The van der Waals surface area contributed by atoms with Gasteiger partial charge >= 0.3 is 0 Å². The molecule has 0 saturated heterocycles. The lowest BCUT2D eigenvalue weighted by molar-refractivity contribution is 1.19. The van der Waals surface area contributed by atoms with Gasteiger partial charge in [0.05, 0.1) is 26.9 Å². The molecular weight excluding hydrogens is 336 g/mol. The lowest BCUT2D eigenvalue weighted by atomic mass is 10.1. The van der Waals surface area contributed by atoms with E-state index in [-0.39, 0.29) is 0 Å². The van der Waals surface area contributed by atoms with E-state index in [0.717, 1.165) is 11.2 Å². The predicted molar refractivity (Wildman–Crippen MR) is 111 cm³/mol. The first-order chi connectivity index (χ1) is 12.9. The number of benzene rings is 4. The predicted octanol–water partition coefficient (Wildman–Crippen LogP) is 6.55. The highest BCUT2D eigenvalue weighted by atomic mass is 32.1. The van der Waals surface area contributed by atoms with Crippen LogP contribution in [0, 0.1) is 0 Å². The molecule has 122 valence electrons. The van der Waals surface area contributed by atoms with E-state index in [1.54, 1.807) is 11.3 Å². The minimum atomic E-state index is 1.06.